The van der Waals surface area contributed by atoms with E-state index in [1.165, 1.54) is 38.5 Å². The molecule has 0 amide bonds. The number of hydrogen-bond acceptors (Lipinski definition) is 1. The van der Waals surface area contributed by atoms with Gasteiger partial charge in [-0.05, 0) is 69.1 Å². The van der Waals surface area contributed by atoms with Crippen LogP contribution in [0.15, 0.2) is 0 Å². The lowest BCUT2D eigenvalue weighted by Crippen LogP contribution is -2.28. The molecule has 0 radical (unpaired) electrons. The van der Waals surface area contributed by atoms with E-state index in [9.17, 15) is 0 Å². The molecule has 0 aliphatic heterocycles. The number of rotatable bonds is 3. The zero-order chi connectivity index (χ0) is 13.0. The van der Waals surface area contributed by atoms with Gasteiger partial charge in [-0.1, -0.05) is 31.9 Å². The molecule has 0 aromatic rings. The van der Waals surface area contributed by atoms with Crippen LogP contribution in [-0.2, 0) is 0 Å². The van der Waals surface area contributed by atoms with E-state index in [4.69, 9.17) is 5.26 Å². The van der Waals surface area contributed by atoms with Crippen molar-refractivity contribution in [3.63, 3.8) is 0 Å². The van der Waals surface area contributed by atoms with Crippen molar-refractivity contribution < 1.29 is 0 Å². The minimum absolute atomic E-state index is 0.359. The highest BCUT2D eigenvalue weighted by molar-refractivity contribution is 9.12. The molecule has 2 rings (SSSR count). The molecular formula is C15H23Br2N. The first-order valence-electron chi connectivity index (χ1n) is 7.34. The minimum atomic E-state index is 0.359. The summed E-state index contributed by atoms with van der Waals surface area (Å²) in [5, 5.41) is 10.0. The zero-order valence-corrected chi connectivity index (χ0v) is 14.1. The van der Waals surface area contributed by atoms with Crippen molar-refractivity contribution in [2.24, 2.45) is 23.7 Å². The van der Waals surface area contributed by atoms with E-state index < -0.39 is 0 Å². The highest BCUT2D eigenvalue weighted by Gasteiger charge is 2.32. The largest absolute Gasteiger partial charge is 0.198 e. The van der Waals surface area contributed by atoms with Crippen LogP contribution in [-0.4, -0.2) is 10.2 Å². The molecule has 2 saturated carbocycles. The molecule has 0 heterocycles. The molecule has 0 bridgehead atoms. The topological polar surface area (TPSA) is 23.8 Å². The molecule has 18 heavy (non-hydrogen) atoms. The first-order valence-corrected chi connectivity index (χ1v) is 9.38. The molecule has 1 unspecified atom stereocenters. The average molecular weight is 377 g/mol. The molecule has 0 aromatic carbocycles. The molecule has 102 valence electrons. The van der Waals surface area contributed by atoms with Crippen molar-refractivity contribution in [1.29, 1.82) is 5.26 Å². The van der Waals surface area contributed by atoms with Gasteiger partial charge in [0.2, 0.25) is 0 Å². The second-order valence-corrected chi connectivity index (χ2v) is 7.91. The van der Waals surface area contributed by atoms with E-state index in [0.717, 1.165) is 35.9 Å². The zero-order valence-electron chi connectivity index (χ0n) is 11.0. The van der Waals surface area contributed by atoms with Crippen LogP contribution in [0, 0.1) is 35.0 Å². The van der Waals surface area contributed by atoms with Crippen LogP contribution in [0.2, 0.25) is 0 Å². The van der Waals surface area contributed by atoms with E-state index in [2.05, 4.69) is 37.9 Å². The van der Waals surface area contributed by atoms with Gasteiger partial charge in [0.05, 0.1) is 6.07 Å². The van der Waals surface area contributed by atoms with Gasteiger partial charge in [0, 0.05) is 16.1 Å². The maximum absolute atomic E-state index is 8.95. The molecule has 0 spiro atoms. The summed E-state index contributed by atoms with van der Waals surface area (Å²) in [7, 11) is 0. The monoisotopic (exact) mass is 375 g/mol. The summed E-state index contributed by atoms with van der Waals surface area (Å²) < 4.78 is 0. The van der Waals surface area contributed by atoms with Crippen LogP contribution in [0.3, 0.4) is 0 Å². The average Bonchev–Trinajstić information content (AvgIpc) is 2.47. The van der Waals surface area contributed by atoms with Gasteiger partial charge in [-0.15, -0.1) is 0 Å². The van der Waals surface area contributed by atoms with Gasteiger partial charge in [-0.3, -0.25) is 0 Å². The third-order valence-electron chi connectivity index (χ3n) is 5.10. The van der Waals surface area contributed by atoms with Crippen LogP contribution < -0.4 is 0 Å². The van der Waals surface area contributed by atoms with Gasteiger partial charge in [0.25, 0.3) is 0 Å². The van der Waals surface area contributed by atoms with Crippen LogP contribution in [0.25, 0.3) is 0 Å². The number of nitriles is 1. The molecule has 0 N–H and O–H groups in total. The van der Waals surface area contributed by atoms with Crippen molar-refractivity contribution in [2.45, 2.75) is 56.2 Å². The lowest BCUT2D eigenvalue weighted by Gasteiger charge is -2.37. The Kier molecular flexibility index (Phi) is 6.01. The van der Waals surface area contributed by atoms with Gasteiger partial charge in [-0.2, -0.15) is 5.26 Å². The summed E-state index contributed by atoms with van der Waals surface area (Å²) in [6, 6.07) is 2.45. The molecule has 0 aromatic heterocycles. The Hall–Kier alpha value is 0.450. The van der Waals surface area contributed by atoms with Gasteiger partial charge in [0.15, 0.2) is 0 Å². The predicted octanol–water partition coefficient (Wildman–Crippen LogP) is 5.28. The maximum atomic E-state index is 8.95. The fourth-order valence-corrected chi connectivity index (χ4v) is 4.88. The summed E-state index contributed by atoms with van der Waals surface area (Å²) in [4.78, 5) is 0.660. The van der Waals surface area contributed by atoms with E-state index >= 15 is 0 Å². The fraction of sp³-hybridized carbons (Fsp3) is 0.933. The van der Waals surface area contributed by atoms with Crippen LogP contribution in [0.5, 0.6) is 0 Å². The standard InChI is InChI=1S/C15H23Br2N/c16-9-15(17)14-7-5-13(6-8-14)12-3-1-11(10-18)2-4-12/h11-15H,1-9H2. The minimum Gasteiger partial charge on any atom is -0.198 e. The number of nitrogens with zero attached hydrogens (tertiary/aromatic N) is 1. The molecule has 0 saturated heterocycles. The third kappa shape index (κ3) is 3.73. The third-order valence-corrected chi connectivity index (χ3v) is 7.73. The molecule has 2 fully saturated rings. The summed E-state index contributed by atoms with van der Waals surface area (Å²) in [5.74, 6) is 3.11. The van der Waals surface area contributed by atoms with Gasteiger partial charge in [-0.25, -0.2) is 0 Å². The molecule has 3 heteroatoms. The molecule has 2 aliphatic rings. The highest BCUT2D eigenvalue weighted by atomic mass is 79.9. The Morgan fingerprint density at radius 1 is 0.944 bits per heavy atom. The fourth-order valence-electron chi connectivity index (χ4n) is 3.82. The lowest BCUT2D eigenvalue weighted by molar-refractivity contribution is 0.158. The molecule has 2 aliphatic carbocycles. The van der Waals surface area contributed by atoms with E-state index in [1.807, 2.05) is 0 Å². The highest BCUT2D eigenvalue weighted by Crippen LogP contribution is 2.42. The van der Waals surface area contributed by atoms with Gasteiger partial charge < -0.3 is 0 Å². The van der Waals surface area contributed by atoms with Crippen LogP contribution in [0.4, 0.5) is 0 Å². The number of alkyl halides is 2. The Morgan fingerprint density at radius 3 is 1.89 bits per heavy atom. The lowest BCUT2D eigenvalue weighted by atomic mass is 9.69. The first kappa shape index (κ1) is 14.9. The summed E-state index contributed by atoms with van der Waals surface area (Å²) >= 11 is 7.37. The molecule has 1 atom stereocenters. The van der Waals surface area contributed by atoms with E-state index in [0.29, 0.717) is 10.7 Å². The van der Waals surface area contributed by atoms with Crippen molar-refractivity contribution in [3.8, 4) is 6.07 Å². The summed E-state index contributed by atoms with van der Waals surface area (Å²) in [6.07, 6.45) is 10.6. The predicted molar refractivity (Wildman–Crippen MR) is 83.0 cm³/mol. The summed E-state index contributed by atoms with van der Waals surface area (Å²) in [5.41, 5.74) is 0. The number of halogens is 2. The Morgan fingerprint density at radius 2 is 1.44 bits per heavy atom. The maximum Gasteiger partial charge on any atom is 0.0655 e. The first-order chi connectivity index (χ1) is 8.74. The molecule has 1 nitrogen and oxygen atoms in total. The second-order valence-electron chi connectivity index (χ2n) is 6.09. The van der Waals surface area contributed by atoms with Crippen molar-refractivity contribution in [3.05, 3.63) is 0 Å². The van der Waals surface area contributed by atoms with Crippen LogP contribution >= 0.6 is 31.9 Å². The van der Waals surface area contributed by atoms with Crippen molar-refractivity contribution in [2.75, 3.05) is 5.33 Å². The smallest absolute Gasteiger partial charge is 0.0655 e. The SMILES string of the molecule is N#CC1CCC(C2CCC(C(Br)CBr)CC2)CC1. The number of hydrogen-bond donors (Lipinski definition) is 0. The van der Waals surface area contributed by atoms with Crippen LogP contribution in [0.1, 0.15) is 51.4 Å². The second kappa shape index (κ2) is 7.29. The quantitative estimate of drug-likeness (QED) is 0.614. The Labute approximate surface area is 128 Å². The van der Waals surface area contributed by atoms with Crippen molar-refractivity contribution >= 4 is 31.9 Å². The van der Waals surface area contributed by atoms with Crippen molar-refractivity contribution in [1.82, 2.24) is 0 Å². The normalized spacial score (nSPS) is 38.9. The van der Waals surface area contributed by atoms with E-state index in [-0.39, 0.29) is 0 Å². The van der Waals surface area contributed by atoms with Gasteiger partial charge >= 0.3 is 0 Å². The van der Waals surface area contributed by atoms with Gasteiger partial charge in [0.1, 0.15) is 0 Å². The molecular weight excluding hydrogens is 354 g/mol. The summed E-state index contributed by atoms with van der Waals surface area (Å²) in [6.45, 7) is 0. The van der Waals surface area contributed by atoms with E-state index in [1.54, 1.807) is 0 Å². The Balaban J connectivity index is 1.75. The Bertz CT molecular complexity index is 283.